The molecule has 7 heteroatoms. The van der Waals surface area contributed by atoms with E-state index in [4.69, 9.17) is 0 Å². The van der Waals surface area contributed by atoms with Crippen molar-refractivity contribution >= 4 is 22.4 Å². The zero-order valence-corrected chi connectivity index (χ0v) is 15.3. The van der Waals surface area contributed by atoms with Crippen molar-refractivity contribution in [3.63, 3.8) is 0 Å². The summed E-state index contributed by atoms with van der Waals surface area (Å²) in [6, 6.07) is 8.47. The van der Waals surface area contributed by atoms with Gasteiger partial charge in [-0.05, 0) is 56.8 Å². The third kappa shape index (κ3) is 3.71. The molecule has 0 saturated carbocycles. The number of anilines is 1. The van der Waals surface area contributed by atoms with E-state index in [0.717, 1.165) is 37.7 Å². The lowest BCUT2D eigenvalue weighted by Crippen LogP contribution is -2.38. The molecule has 4 rings (SSSR count). The average Bonchev–Trinajstić information content (AvgIpc) is 3.20. The number of hydrogen-bond donors (Lipinski definition) is 0. The zero-order valence-electron chi connectivity index (χ0n) is 15.3. The summed E-state index contributed by atoms with van der Waals surface area (Å²) in [6.07, 6.45) is 4.93. The molecule has 0 bridgehead atoms. The van der Waals surface area contributed by atoms with Gasteiger partial charge in [-0.25, -0.2) is 4.98 Å². The van der Waals surface area contributed by atoms with Crippen molar-refractivity contribution in [2.75, 3.05) is 37.6 Å². The first-order valence-electron chi connectivity index (χ1n) is 9.60. The van der Waals surface area contributed by atoms with Gasteiger partial charge in [0, 0.05) is 37.2 Å². The number of nitrogens with zero attached hydrogens (tertiary/aromatic N) is 5. The molecule has 7 nitrogen and oxygen atoms in total. The first kappa shape index (κ1) is 17.7. The molecular formula is C20H23N5O2. The fourth-order valence-corrected chi connectivity index (χ4v) is 4.24. The van der Waals surface area contributed by atoms with Gasteiger partial charge in [-0.15, -0.1) is 0 Å². The number of benzene rings is 1. The average molecular weight is 365 g/mol. The number of nitro benzene ring substituents is 1. The Balaban J connectivity index is 1.51. The summed E-state index contributed by atoms with van der Waals surface area (Å²) >= 11 is 0. The smallest absolute Gasteiger partial charge is 0.270 e. The van der Waals surface area contributed by atoms with Gasteiger partial charge in [0.25, 0.3) is 5.69 Å². The molecule has 0 spiro atoms. The first-order valence-corrected chi connectivity index (χ1v) is 9.60. The van der Waals surface area contributed by atoms with E-state index in [2.05, 4.69) is 20.9 Å². The zero-order chi connectivity index (χ0) is 18.8. The molecule has 3 heterocycles. The molecule has 2 aliphatic heterocycles. The quantitative estimate of drug-likeness (QED) is 0.610. The SMILES string of the molecule is N#Cc1cc(N2CCC(CN3CCCC3)CC2)nc2ccc([N+](=O)[O-])cc12. The number of likely N-dealkylation sites (tertiary alicyclic amines) is 1. The summed E-state index contributed by atoms with van der Waals surface area (Å²) in [5.74, 6) is 1.53. The second-order valence-corrected chi connectivity index (χ2v) is 7.54. The molecule has 1 aromatic carbocycles. The Morgan fingerprint density at radius 1 is 1.19 bits per heavy atom. The van der Waals surface area contributed by atoms with E-state index < -0.39 is 4.92 Å². The fraction of sp³-hybridized carbons (Fsp3) is 0.500. The molecule has 0 amide bonds. The van der Waals surface area contributed by atoms with Crippen LogP contribution in [0.4, 0.5) is 11.5 Å². The Morgan fingerprint density at radius 2 is 1.93 bits per heavy atom. The number of fused-ring (bicyclic) bond motifs is 1. The third-order valence-corrected chi connectivity index (χ3v) is 5.76. The lowest BCUT2D eigenvalue weighted by atomic mass is 9.96. The van der Waals surface area contributed by atoms with Crippen molar-refractivity contribution in [2.24, 2.45) is 5.92 Å². The summed E-state index contributed by atoms with van der Waals surface area (Å²) in [5, 5.41) is 21.1. The lowest BCUT2D eigenvalue weighted by molar-refractivity contribution is -0.384. The van der Waals surface area contributed by atoms with E-state index in [1.165, 1.54) is 44.6 Å². The van der Waals surface area contributed by atoms with Gasteiger partial charge in [0.1, 0.15) is 5.82 Å². The molecular weight excluding hydrogens is 342 g/mol. The van der Waals surface area contributed by atoms with Crippen molar-refractivity contribution in [2.45, 2.75) is 25.7 Å². The monoisotopic (exact) mass is 365 g/mol. The van der Waals surface area contributed by atoms with Crippen LogP contribution in [0.5, 0.6) is 0 Å². The van der Waals surface area contributed by atoms with Crippen LogP contribution in [0, 0.1) is 27.4 Å². The van der Waals surface area contributed by atoms with Crippen LogP contribution < -0.4 is 4.90 Å². The minimum absolute atomic E-state index is 0.0173. The van der Waals surface area contributed by atoms with Crippen molar-refractivity contribution in [1.29, 1.82) is 5.26 Å². The molecule has 2 saturated heterocycles. The van der Waals surface area contributed by atoms with E-state index in [1.54, 1.807) is 12.1 Å². The topological polar surface area (TPSA) is 86.3 Å². The van der Waals surface area contributed by atoms with Crippen LogP contribution >= 0.6 is 0 Å². The number of non-ortho nitro benzene ring substituents is 1. The molecule has 0 N–H and O–H groups in total. The molecule has 0 radical (unpaired) electrons. The van der Waals surface area contributed by atoms with Gasteiger partial charge in [0.05, 0.1) is 22.1 Å². The van der Waals surface area contributed by atoms with Gasteiger partial charge in [-0.3, -0.25) is 10.1 Å². The highest BCUT2D eigenvalue weighted by Crippen LogP contribution is 2.29. The molecule has 2 aromatic rings. The number of nitriles is 1. The molecule has 2 fully saturated rings. The fourth-order valence-electron chi connectivity index (χ4n) is 4.24. The summed E-state index contributed by atoms with van der Waals surface area (Å²) in [7, 11) is 0. The molecule has 0 unspecified atom stereocenters. The molecule has 0 atom stereocenters. The lowest BCUT2D eigenvalue weighted by Gasteiger charge is -2.34. The summed E-state index contributed by atoms with van der Waals surface area (Å²) in [5.41, 5.74) is 1.06. The predicted octanol–water partition coefficient (Wildman–Crippen LogP) is 3.33. The molecule has 0 aliphatic carbocycles. The van der Waals surface area contributed by atoms with Crippen molar-refractivity contribution < 1.29 is 4.92 Å². The second-order valence-electron chi connectivity index (χ2n) is 7.54. The van der Waals surface area contributed by atoms with E-state index >= 15 is 0 Å². The van der Waals surface area contributed by atoms with Crippen molar-refractivity contribution in [3.05, 3.63) is 39.9 Å². The summed E-state index contributed by atoms with van der Waals surface area (Å²) in [6.45, 7) is 5.56. The van der Waals surface area contributed by atoms with E-state index in [1.807, 2.05) is 0 Å². The van der Waals surface area contributed by atoms with Gasteiger partial charge in [-0.2, -0.15) is 5.26 Å². The summed E-state index contributed by atoms with van der Waals surface area (Å²) in [4.78, 5) is 20.1. The highest BCUT2D eigenvalue weighted by molar-refractivity contribution is 5.88. The molecule has 2 aliphatic rings. The molecule has 1 aromatic heterocycles. The van der Waals surface area contributed by atoms with Crippen LogP contribution in [-0.4, -0.2) is 47.5 Å². The number of pyridine rings is 1. The minimum Gasteiger partial charge on any atom is -0.357 e. The highest BCUT2D eigenvalue weighted by Gasteiger charge is 2.24. The van der Waals surface area contributed by atoms with E-state index in [9.17, 15) is 15.4 Å². The van der Waals surface area contributed by atoms with Crippen LogP contribution in [0.1, 0.15) is 31.2 Å². The van der Waals surface area contributed by atoms with E-state index in [0.29, 0.717) is 16.5 Å². The van der Waals surface area contributed by atoms with Crippen LogP contribution in [0.25, 0.3) is 10.9 Å². The van der Waals surface area contributed by atoms with Crippen LogP contribution in [0.3, 0.4) is 0 Å². The third-order valence-electron chi connectivity index (χ3n) is 5.76. The van der Waals surface area contributed by atoms with Gasteiger partial charge >= 0.3 is 0 Å². The van der Waals surface area contributed by atoms with Crippen LogP contribution in [0.2, 0.25) is 0 Å². The van der Waals surface area contributed by atoms with Gasteiger partial charge < -0.3 is 9.80 Å². The predicted molar refractivity (Wildman–Crippen MR) is 104 cm³/mol. The van der Waals surface area contributed by atoms with Gasteiger partial charge in [0.2, 0.25) is 0 Å². The Bertz CT molecular complexity index is 893. The maximum absolute atomic E-state index is 11.0. The van der Waals surface area contributed by atoms with Gasteiger partial charge in [0.15, 0.2) is 0 Å². The number of hydrogen-bond acceptors (Lipinski definition) is 6. The molecule has 27 heavy (non-hydrogen) atoms. The standard InChI is InChI=1S/C20H23N5O2/c21-13-16-11-20(22-19-4-3-17(25(26)27)12-18(16)19)24-9-5-15(6-10-24)14-23-7-1-2-8-23/h3-4,11-12,15H,1-2,5-10,14H2. The van der Waals surface area contributed by atoms with Gasteiger partial charge in [-0.1, -0.05) is 0 Å². The first-order chi connectivity index (χ1) is 13.1. The Labute approximate surface area is 158 Å². The molecule has 140 valence electrons. The Morgan fingerprint density at radius 3 is 2.59 bits per heavy atom. The minimum atomic E-state index is -0.445. The maximum Gasteiger partial charge on any atom is 0.270 e. The van der Waals surface area contributed by atoms with Crippen molar-refractivity contribution in [3.8, 4) is 6.07 Å². The maximum atomic E-state index is 11.0. The normalized spacial score (nSPS) is 18.7. The largest absolute Gasteiger partial charge is 0.357 e. The number of rotatable bonds is 4. The van der Waals surface area contributed by atoms with E-state index in [-0.39, 0.29) is 5.69 Å². The second kappa shape index (κ2) is 7.49. The highest BCUT2D eigenvalue weighted by atomic mass is 16.6. The number of nitro groups is 1. The Kier molecular flexibility index (Phi) is 4.90. The van der Waals surface area contributed by atoms with Crippen LogP contribution in [-0.2, 0) is 0 Å². The number of aromatic nitrogens is 1. The van der Waals surface area contributed by atoms with Crippen molar-refractivity contribution in [1.82, 2.24) is 9.88 Å². The Hall–Kier alpha value is -2.72. The number of piperidine rings is 1. The summed E-state index contributed by atoms with van der Waals surface area (Å²) < 4.78 is 0. The van der Waals surface area contributed by atoms with Crippen LogP contribution in [0.15, 0.2) is 24.3 Å².